The Hall–Kier alpha value is -1.95. The third-order valence-corrected chi connectivity index (χ3v) is 3.67. The van der Waals surface area contributed by atoms with Crippen LogP contribution in [0.5, 0.6) is 17.2 Å². The van der Waals surface area contributed by atoms with Crippen molar-refractivity contribution in [1.29, 1.82) is 0 Å². The second-order valence-electron chi connectivity index (χ2n) is 5.09. The molecule has 21 heavy (non-hydrogen) atoms. The zero-order chi connectivity index (χ0) is 15.4. The van der Waals surface area contributed by atoms with Crippen molar-refractivity contribution in [2.45, 2.75) is 18.9 Å². The molecule has 0 radical (unpaired) electrons. The maximum absolute atomic E-state index is 12.3. The standard InChI is InChI=1S/C15H22N2O4/c1-19-12-7-6-10(13(20-2)14(12)21-3)15(18)17-8-11(16)9-4-5-9/h6-7,9,11H,4-5,8,16H2,1-3H3,(H,17,18). The lowest BCUT2D eigenvalue weighted by atomic mass is 10.1. The monoisotopic (exact) mass is 294 g/mol. The molecule has 1 aliphatic carbocycles. The Morgan fingerprint density at radius 2 is 1.90 bits per heavy atom. The van der Waals surface area contributed by atoms with Crippen LogP contribution in [0.1, 0.15) is 23.2 Å². The van der Waals surface area contributed by atoms with Gasteiger partial charge in [0.25, 0.3) is 5.91 Å². The molecule has 1 aromatic rings. The van der Waals surface area contributed by atoms with Crippen molar-refractivity contribution >= 4 is 5.91 Å². The highest BCUT2D eigenvalue weighted by molar-refractivity contribution is 5.98. The van der Waals surface area contributed by atoms with Crippen LogP contribution in [0.15, 0.2) is 12.1 Å². The molecule has 1 saturated carbocycles. The fourth-order valence-electron chi connectivity index (χ4n) is 2.28. The topological polar surface area (TPSA) is 82.8 Å². The summed E-state index contributed by atoms with van der Waals surface area (Å²) < 4.78 is 15.8. The van der Waals surface area contributed by atoms with Crippen LogP contribution < -0.4 is 25.3 Å². The first-order chi connectivity index (χ1) is 10.1. The molecule has 1 amide bonds. The van der Waals surface area contributed by atoms with Crippen LogP contribution in [-0.2, 0) is 0 Å². The maximum atomic E-state index is 12.3. The van der Waals surface area contributed by atoms with Crippen molar-refractivity contribution in [2.24, 2.45) is 11.7 Å². The van der Waals surface area contributed by atoms with Crippen LogP contribution in [0, 0.1) is 5.92 Å². The summed E-state index contributed by atoms with van der Waals surface area (Å²) in [5.41, 5.74) is 6.39. The minimum Gasteiger partial charge on any atom is -0.493 e. The van der Waals surface area contributed by atoms with E-state index in [4.69, 9.17) is 19.9 Å². The maximum Gasteiger partial charge on any atom is 0.255 e. The quantitative estimate of drug-likeness (QED) is 0.789. The van der Waals surface area contributed by atoms with E-state index >= 15 is 0 Å². The average molecular weight is 294 g/mol. The van der Waals surface area contributed by atoms with E-state index in [1.807, 2.05) is 0 Å². The highest BCUT2D eigenvalue weighted by Crippen LogP contribution is 2.39. The Balaban J connectivity index is 2.15. The van der Waals surface area contributed by atoms with Crippen molar-refractivity contribution in [3.05, 3.63) is 17.7 Å². The number of carbonyl (C=O) groups is 1. The van der Waals surface area contributed by atoms with Crippen molar-refractivity contribution < 1.29 is 19.0 Å². The summed E-state index contributed by atoms with van der Waals surface area (Å²) >= 11 is 0. The minimum atomic E-state index is -0.232. The van der Waals surface area contributed by atoms with E-state index < -0.39 is 0 Å². The van der Waals surface area contributed by atoms with Gasteiger partial charge < -0.3 is 25.3 Å². The zero-order valence-corrected chi connectivity index (χ0v) is 12.6. The highest BCUT2D eigenvalue weighted by Gasteiger charge is 2.29. The number of benzene rings is 1. The molecule has 0 bridgehead atoms. The summed E-state index contributed by atoms with van der Waals surface area (Å²) in [6, 6.07) is 3.34. The number of rotatable bonds is 7. The fourth-order valence-corrected chi connectivity index (χ4v) is 2.28. The fraction of sp³-hybridized carbons (Fsp3) is 0.533. The number of nitrogens with two attached hydrogens (primary N) is 1. The second-order valence-corrected chi connectivity index (χ2v) is 5.09. The molecular formula is C15H22N2O4. The van der Waals surface area contributed by atoms with Crippen LogP contribution in [0.3, 0.4) is 0 Å². The van der Waals surface area contributed by atoms with E-state index in [0.29, 0.717) is 35.3 Å². The van der Waals surface area contributed by atoms with E-state index in [1.165, 1.54) is 21.3 Å². The van der Waals surface area contributed by atoms with Crippen molar-refractivity contribution in [3.8, 4) is 17.2 Å². The predicted octanol–water partition coefficient (Wildman–Crippen LogP) is 1.18. The first-order valence-electron chi connectivity index (χ1n) is 6.95. The van der Waals surface area contributed by atoms with Crippen LogP contribution in [0.4, 0.5) is 0 Å². The van der Waals surface area contributed by atoms with Gasteiger partial charge in [-0.3, -0.25) is 4.79 Å². The van der Waals surface area contributed by atoms with E-state index in [2.05, 4.69) is 5.32 Å². The summed E-state index contributed by atoms with van der Waals surface area (Å²) in [7, 11) is 4.53. The summed E-state index contributed by atoms with van der Waals surface area (Å²) in [5, 5.41) is 2.84. The predicted molar refractivity (Wildman–Crippen MR) is 79.1 cm³/mol. The van der Waals surface area contributed by atoms with Gasteiger partial charge in [-0.1, -0.05) is 0 Å². The summed E-state index contributed by atoms with van der Waals surface area (Å²) in [4.78, 5) is 12.3. The summed E-state index contributed by atoms with van der Waals surface area (Å²) in [5.74, 6) is 1.58. The number of nitrogens with one attached hydrogen (secondary N) is 1. The lowest BCUT2D eigenvalue weighted by molar-refractivity contribution is 0.0946. The number of hydrogen-bond donors (Lipinski definition) is 2. The molecule has 1 aliphatic rings. The van der Waals surface area contributed by atoms with Crippen LogP contribution >= 0.6 is 0 Å². The van der Waals surface area contributed by atoms with E-state index in [0.717, 1.165) is 12.8 Å². The van der Waals surface area contributed by atoms with Crippen molar-refractivity contribution in [1.82, 2.24) is 5.32 Å². The van der Waals surface area contributed by atoms with Gasteiger partial charge in [-0.2, -0.15) is 0 Å². The first kappa shape index (κ1) is 15.4. The van der Waals surface area contributed by atoms with Gasteiger partial charge in [0.2, 0.25) is 5.75 Å². The van der Waals surface area contributed by atoms with Gasteiger partial charge in [-0.25, -0.2) is 0 Å². The van der Waals surface area contributed by atoms with E-state index in [-0.39, 0.29) is 11.9 Å². The number of methoxy groups -OCH3 is 3. The third kappa shape index (κ3) is 3.39. The Bertz CT molecular complexity index is 515. The summed E-state index contributed by atoms with van der Waals surface area (Å²) in [6.45, 7) is 0.459. The number of ether oxygens (including phenoxy) is 3. The summed E-state index contributed by atoms with van der Waals surface area (Å²) in [6.07, 6.45) is 2.30. The molecule has 1 fully saturated rings. The third-order valence-electron chi connectivity index (χ3n) is 3.67. The van der Waals surface area contributed by atoms with Gasteiger partial charge in [-0.15, -0.1) is 0 Å². The van der Waals surface area contributed by atoms with Gasteiger partial charge in [0.05, 0.1) is 26.9 Å². The molecule has 1 aromatic carbocycles. The molecule has 0 aromatic heterocycles. The number of hydrogen-bond acceptors (Lipinski definition) is 5. The van der Waals surface area contributed by atoms with Gasteiger partial charge in [0.1, 0.15) is 0 Å². The lowest BCUT2D eigenvalue weighted by Crippen LogP contribution is -2.38. The molecule has 3 N–H and O–H groups in total. The molecule has 1 unspecified atom stereocenters. The van der Waals surface area contributed by atoms with Crippen molar-refractivity contribution in [2.75, 3.05) is 27.9 Å². The van der Waals surface area contributed by atoms with Gasteiger partial charge in [0, 0.05) is 12.6 Å². The van der Waals surface area contributed by atoms with Crippen molar-refractivity contribution in [3.63, 3.8) is 0 Å². The first-order valence-corrected chi connectivity index (χ1v) is 6.95. The molecule has 0 aliphatic heterocycles. The molecule has 0 heterocycles. The second kappa shape index (κ2) is 6.67. The molecule has 116 valence electrons. The molecule has 0 spiro atoms. The van der Waals surface area contributed by atoms with Gasteiger partial charge in [-0.05, 0) is 30.9 Å². The minimum absolute atomic E-state index is 0.0140. The van der Waals surface area contributed by atoms with Crippen LogP contribution in [0.2, 0.25) is 0 Å². The molecule has 6 heteroatoms. The molecule has 6 nitrogen and oxygen atoms in total. The zero-order valence-electron chi connectivity index (χ0n) is 12.6. The molecule has 0 saturated heterocycles. The molecular weight excluding hydrogens is 272 g/mol. The Morgan fingerprint density at radius 1 is 1.24 bits per heavy atom. The largest absolute Gasteiger partial charge is 0.493 e. The van der Waals surface area contributed by atoms with Crippen LogP contribution in [0.25, 0.3) is 0 Å². The SMILES string of the molecule is COc1ccc(C(=O)NCC(N)C2CC2)c(OC)c1OC. The highest BCUT2D eigenvalue weighted by atomic mass is 16.5. The van der Waals surface area contributed by atoms with Gasteiger partial charge >= 0.3 is 0 Å². The van der Waals surface area contributed by atoms with Gasteiger partial charge in [0.15, 0.2) is 11.5 Å². The Morgan fingerprint density at radius 3 is 2.43 bits per heavy atom. The lowest BCUT2D eigenvalue weighted by Gasteiger charge is -2.16. The average Bonchev–Trinajstić information content (AvgIpc) is 3.35. The normalized spacial score (nSPS) is 15.2. The van der Waals surface area contributed by atoms with E-state index in [1.54, 1.807) is 12.1 Å². The Kier molecular flexibility index (Phi) is 4.90. The number of amides is 1. The van der Waals surface area contributed by atoms with E-state index in [9.17, 15) is 4.79 Å². The number of carbonyl (C=O) groups excluding carboxylic acids is 1. The Labute approximate surface area is 124 Å². The smallest absolute Gasteiger partial charge is 0.255 e. The molecule has 2 rings (SSSR count). The molecule has 1 atom stereocenters. The van der Waals surface area contributed by atoms with Crippen LogP contribution in [-0.4, -0.2) is 39.8 Å².